The van der Waals surface area contributed by atoms with Crippen molar-refractivity contribution in [2.75, 3.05) is 40.5 Å². The van der Waals surface area contributed by atoms with Crippen LogP contribution in [0.3, 0.4) is 0 Å². The number of thioether (sulfide) groups is 1. The maximum atomic E-state index is 13.0. The summed E-state index contributed by atoms with van der Waals surface area (Å²) in [6, 6.07) is 7.14. The molecule has 1 amide bonds. The molecule has 0 fully saturated rings. The summed E-state index contributed by atoms with van der Waals surface area (Å²) in [5, 5.41) is 0. The SMILES string of the molecule is COc1cc2c(c(OC)c1OC)-c1ccc(SC)c(=O)cc1C(N(C)C(=O)CCCCl)CC2. The summed E-state index contributed by atoms with van der Waals surface area (Å²) in [4.78, 5) is 28.3. The number of alkyl halides is 1. The molecular weight excluding hydrogens is 462 g/mol. The highest BCUT2D eigenvalue weighted by molar-refractivity contribution is 7.98. The number of methoxy groups -OCH3 is 3. The molecule has 0 spiro atoms. The van der Waals surface area contributed by atoms with Crippen LogP contribution in [0.25, 0.3) is 11.1 Å². The van der Waals surface area contributed by atoms with Crippen LogP contribution in [-0.4, -0.2) is 51.3 Å². The highest BCUT2D eigenvalue weighted by Gasteiger charge is 2.31. The lowest BCUT2D eigenvalue weighted by Crippen LogP contribution is -2.31. The standard InChI is InChI=1S/C25H30ClNO5S/c1-27(22(29)7-6-12-26)18-10-8-15-13-20(30-2)24(31-3)25(32-4)23(15)16-9-11-21(33-5)19(28)14-17(16)18/h9,11,13-14,18H,6-8,10,12H2,1-5H3. The van der Waals surface area contributed by atoms with E-state index in [-0.39, 0.29) is 17.4 Å². The van der Waals surface area contributed by atoms with Crippen LogP contribution in [0.15, 0.2) is 34.0 Å². The molecule has 1 atom stereocenters. The van der Waals surface area contributed by atoms with Crippen molar-refractivity contribution in [2.45, 2.75) is 36.6 Å². The third-order valence-corrected chi connectivity index (χ3v) is 7.12. The molecule has 178 valence electrons. The largest absolute Gasteiger partial charge is 0.493 e. The minimum absolute atomic E-state index is 0.00345. The van der Waals surface area contributed by atoms with Crippen molar-refractivity contribution in [3.05, 3.63) is 45.6 Å². The van der Waals surface area contributed by atoms with Crippen LogP contribution in [0.4, 0.5) is 0 Å². The third kappa shape index (κ3) is 4.94. The average Bonchev–Trinajstić information content (AvgIpc) is 3.08. The van der Waals surface area contributed by atoms with Crippen molar-refractivity contribution < 1.29 is 19.0 Å². The Balaban J connectivity index is 2.33. The molecule has 0 aliphatic heterocycles. The molecule has 0 N–H and O–H groups in total. The summed E-state index contributed by atoms with van der Waals surface area (Å²) >= 11 is 7.22. The zero-order valence-electron chi connectivity index (χ0n) is 19.7. The molecule has 1 unspecified atom stereocenters. The van der Waals surface area contributed by atoms with Crippen molar-refractivity contribution in [3.63, 3.8) is 0 Å². The second kappa shape index (κ2) is 11.2. The molecule has 6 nitrogen and oxygen atoms in total. The minimum atomic E-state index is -0.272. The van der Waals surface area contributed by atoms with Gasteiger partial charge in [-0.15, -0.1) is 23.4 Å². The van der Waals surface area contributed by atoms with Gasteiger partial charge in [-0.3, -0.25) is 9.59 Å². The lowest BCUT2D eigenvalue weighted by atomic mass is 9.95. The fraction of sp³-hybridized carbons (Fsp3) is 0.440. The number of hydrogen-bond donors (Lipinski definition) is 0. The Morgan fingerprint density at radius 3 is 2.48 bits per heavy atom. The number of ether oxygens (including phenoxy) is 3. The first-order valence-electron chi connectivity index (χ1n) is 10.8. The van der Waals surface area contributed by atoms with Gasteiger partial charge in [0.15, 0.2) is 16.9 Å². The van der Waals surface area contributed by atoms with Crippen LogP contribution < -0.4 is 19.6 Å². The van der Waals surface area contributed by atoms with Crippen molar-refractivity contribution in [1.29, 1.82) is 0 Å². The van der Waals surface area contributed by atoms with Gasteiger partial charge < -0.3 is 19.1 Å². The Bertz CT molecular complexity index is 1090. The Labute approximate surface area is 204 Å². The Morgan fingerprint density at radius 2 is 1.88 bits per heavy atom. The fourth-order valence-corrected chi connectivity index (χ4v) is 5.01. The number of carbonyl (C=O) groups is 1. The van der Waals surface area contributed by atoms with Gasteiger partial charge in [-0.1, -0.05) is 6.07 Å². The van der Waals surface area contributed by atoms with Crippen LogP contribution in [-0.2, 0) is 11.2 Å². The number of benzene rings is 1. The molecule has 3 rings (SSSR count). The number of rotatable bonds is 8. The lowest BCUT2D eigenvalue weighted by Gasteiger charge is -2.28. The van der Waals surface area contributed by atoms with E-state index in [2.05, 4.69) is 0 Å². The molecule has 0 saturated heterocycles. The third-order valence-electron chi connectivity index (χ3n) is 6.07. The average molecular weight is 492 g/mol. The molecule has 0 heterocycles. The summed E-state index contributed by atoms with van der Waals surface area (Å²) < 4.78 is 17.0. The Morgan fingerprint density at radius 1 is 1.15 bits per heavy atom. The van der Waals surface area contributed by atoms with E-state index < -0.39 is 0 Å². The van der Waals surface area contributed by atoms with Crippen LogP contribution >= 0.6 is 23.4 Å². The Hall–Kier alpha value is -2.38. The molecule has 1 aliphatic rings. The van der Waals surface area contributed by atoms with Gasteiger partial charge in [0.1, 0.15) is 0 Å². The van der Waals surface area contributed by atoms with E-state index in [0.29, 0.717) is 53.7 Å². The molecule has 2 aromatic carbocycles. The Kier molecular flexibility index (Phi) is 8.54. The number of aryl methyl sites for hydroxylation is 1. The van der Waals surface area contributed by atoms with Crippen LogP contribution in [0.1, 0.15) is 36.4 Å². The van der Waals surface area contributed by atoms with E-state index in [1.165, 1.54) is 11.8 Å². The predicted molar refractivity (Wildman–Crippen MR) is 133 cm³/mol. The van der Waals surface area contributed by atoms with Gasteiger partial charge in [-0.05, 0) is 60.4 Å². The number of halogens is 1. The maximum absolute atomic E-state index is 13.0. The van der Waals surface area contributed by atoms with Gasteiger partial charge in [0, 0.05) is 24.9 Å². The molecule has 0 radical (unpaired) electrons. The highest BCUT2D eigenvalue weighted by atomic mass is 35.5. The zero-order valence-corrected chi connectivity index (χ0v) is 21.3. The first-order chi connectivity index (χ1) is 15.9. The lowest BCUT2D eigenvalue weighted by molar-refractivity contribution is -0.132. The first-order valence-corrected chi connectivity index (χ1v) is 12.5. The number of hydrogen-bond acceptors (Lipinski definition) is 6. The van der Waals surface area contributed by atoms with Gasteiger partial charge in [-0.25, -0.2) is 0 Å². The number of fused-ring (bicyclic) bond motifs is 3. The monoisotopic (exact) mass is 491 g/mol. The van der Waals surface area contributed by atoms with Crippen molar-refractivity contribution >= 4 is 29.3 Å². The van der Waals surface area contributed by atoms with Crippen molar-refractivity contribution in [2.24, 2.45) is 0 Å². The first kappa shape index (κ1) is 25.2. The molecule has 0 aromatic heterocycles. The van der Waals surface area contributed by atoms with Gasteiger partial charge in [-0.2, -0.15) is 0 Å². The van der Waals surface area contributed by atoms with E-state index in [1.54, 1.807) is 39.3 Å². The van der Waals surface area contributed by atoms with Gasteiger partial charge in [0.2, 0.25) is 11.7 Å². The maximum Gasteiger partial charge on any atom is 0.222 e. The topological polar surface area (TPSA) is 65.1 Å². The summed E-state index contributed by atoms with van der Waals surface area (Å²) in [7, 11) is 6.56. The normalized spacial score (nSPS) is 14.5. The molecule has 8 heteroatoms. The molecule has 0 saturated carbocycles. The van der Waals surface area contributed by atoms with Crippen LogP contribution in [0, 0.1) is 0 Å². The number of carbonyl (C=O) groups excluding carboxylic acids is 1. The van der Waals surface area contributed by atoms with Gasteiger partial charge in [0.05, 0.1) is 32.3 Å². The summed E-state index contributed by atoms with van der Waals surface area (Å²) in [6.07, 6.45) is 4.18. The summed E-state index contributed by atoms with van der Waals surface area (Å²) in [5.74, 6) is 2.06. The summed E-state index contributed by atoms with van der Waals surface area (Å²) in [5.41, 5.74) is 3.44. The van der Waals surface area contributed by atoms with Gasteiger partial charge in [0.25, 0.3) is 0 Å². The van der Waals surface area contributed by atoms with E-state index in [1.807, 2.05) is 24.5 Å². The molecule has 2 aromatic rings. The van der Waals surface area contributed by atoms with Crippen LogP contribution in [0.2, 0.25) is 0 Å². The van der Waals surface area contributed by atoms with E-state index in [4.69, 9.17) is 25.8 Å². The zero-order chi connectivity index (χ0) is 24.1. The van der Waals surface area contributed by atoms with E-state index in [9.17, 15) is 9.59 Å². The van der Waals surface area contributed by atoms with Crippen molar-refractivity contribution in [3.8, 4) is 28.4 Å². The second-order valence-electron chi connectivity index (χ2n) is 7.81. The highest BCUT2D eigenvalue weighted by Crippen LogP contribution is 2.50. The quantitative estimate of drug-likeness (QED) is 0.385. The van der Waals surface area contributed by atoms with Crippen molar-refractivity contribution in [1.82, 2.24) is 4.90 Å². The number of amides is 1. The smallest absolute Gasteiger partial charge is 0.222 e. The molecule has 33 heavy (non-hydrogen) atoms. The summed E-state index contributed by atoms with van der Waals surface area (Å²) in [6.45, 7) is 0. The van der Waals surface area contributed by atoms with E-state index in [0.717, 1.165) is 22.3 Å². The minimum Gasteiger partial charge on any atom is -0.493 e. The molecule has 0 bridgehead atoms. The second-order valence-corrected chi connectivity index (χ2v) is 9.04. The van der Waals surface area contributed by atoms with E-state index >= 15 is 0 Å². The molecular formula is C25H30ClNO5S. The van der Waals surface area contributed by atoms with Gasteiger partial charge >= 0.3 is 0 Å². The van der Waals surface area contributed by atoms with Crippen LogP contribution in [0.5, 0.6) is 17.2 Å². The number of nitrogens with zero attached hydrogens (tertiary/aromatic N) is 1. The molecule has 1 aliphatic carbocycles. The fourth-order valence-electron chi connectivity index (χ4n) is 4.42. The predicted octanol–water partition coefficient (Wildman–Crippen LogP) is 4.93.